The van der Waals surface area contributed by atoms with E-state index < -0.39 is 6.10 Å². The molecule has 1 N–H and O–H groups in total. The van der Waals surface area contributed by atoms with E-state index in [4.69, 9.17) is 14.6 Å². The lowest BCUT2D eigenvalue weighted by molar-refractivity contribution is 0.0176. The zero-order chi connectivity index (χ0) is 23.6. The van der Waals surface area contributed by atoms with Crippen molar-refractivity contribution in [2.45, 2.75) is 45.9 Å². The molecule has 0 aliphatic heterocycles. The second-order valence-electron chi connectivity index (χ2n) is 8.25. The van der Waals surface area contributed by atoms with Gasteiger partial charge in [-0.25, -0.2) is 4.68 Å². The molecule has 0 fully saturated rings. The summed E-state index contributed by atoms with van der Waals surface area (Å²) in [4.78, 5) is 2.23. The molecule has 0 spiro atoms. The van der Waals surface area contributed by atoms with Crippen LogP contribution in [0, 0.1) is 0 Å². The number of aromatic nitrogens is 2. The lowest BCUT2D eigenvalue weighted by Gasteiger charge is -2.29. The van der Waals surface area contributed by atoms with Crippen molar-refractivity contribution in [3.05, 3.63) is 84.6 Å². The van der Waals surface area contributed by atoms with E-state index in [1.54, 1.807) is 6.08 Å². The van der Waals surface area contributed by atoms with Crippen molar-refractivity contribution in [1.29, 1.82) is 0 Å². The lowest BCUT2D eigenvalue weighted by Crippen LogP contribution is -2.39. The molecular weight excluding hydrogens is 414 g/mol. The fourth-order valence-corrected chi connectivity index (χ4v) is 3.64. The SMILES string of the molecule is C=CCOC[C@@H](O)CN(Cc1c(CC)nn(-c2ccccc2)c1Oc1ccccc1)C(C)C. The molecule has 3 aromatic rings. The Hall–Kier alpha value is -2.93. The van der Waals surface area contributed by atoms with Gasteiger partial charge in [-0.3, -0.25) is 4.90 Å². The van der Waals surface area contributed by atoms with Crippen LogP contribution in [-0.4, -0.2) is 51.7 Å². The molecular formula is C27H35N3O3. The van der Waals surface area contributed by atoms with Crippen molar-refractivity contribution in [1.82, 2.24) is 14.7 Å². The molecule has 3 rings (SSSR count). The minimum atomic E-state index is -0.597. The predicted octanol–water partition coefficient (Wildman–Crippen LogP) is 5.00. The van der Waals surface area contributed by atoms with Crippen LogP contribution in [0.3, 0.4) is 0 Å². The molecule has 0 aliphatic carbocycles. The van der Waals surface area contributed by atoms with Gasteiger partial charge >= 0.3 is 0 Å². The summed E-state index contributed by atoms with van der Waals surface area (Å²) in [7, 11) is 0. The maximum Gasteiger partial charge on any atom is 0.227 e. The fourth-order valence-electron chi connectivity index (χ4n) is 3.64. The first-order valence-electron chi connectivity index (χ1n) is 11.5. The topological polar surface area (TPSA) is 59.8 Å². The number of hydrogen-bond donors (Lipinski definition) is 1. The van der Waals surface area contributed by atoms with Crippen LogP contribution in [0.2, 0.25) is 0 Å². The van der Waals surface area contributed by atoms with Gasteiger partial charge in [0.15, 0.2) is 0 Å². The van der Waals surface area contributed by atoms with Crippen LogP contribution in [0.1, 0.15) is 32.0 Å². The second-order valence-corrected chi connectivity index (χ2v) is 8.25. The molecule has 0 unspecified atom stereocenters. The van der Waals surface area contributed by atoms with Gasteiger partial charge in [0, 0.05) is 19.1 Å². The molecule has 0 radical (unpaired) electrons. The molecule has 1 heterocycles. The minimum absolute atomic E-state index is 0.216. The maximum atomic E-state index is 10.5. The van der Waals surface area contributed by atoms with E-state index in [-0.39, 0.29) is 12.6 Å². The Morgan fingerprint density at radius 2 is 1.76 bits per heavy atom. The summed E-state index contributed by atoms with van der Waals surface area (Å²) in [6, 6.07) is 20.0. The molecule has 0 saturated carbocycles. The van der Waals surface area contributed by atoms with Crippen molar-refractivity contribution in [3.8, 4) is 17.3 Å². The highest BCUT2D eigenvalue weighted by Gasteiger charge is 2.24. The highest BCUT2D eigenvalue weighted by Crippen LogP contribution is 2.32. The average Bonchev–Trinajstić information content (AvgIpc) is 3.17. The first-order valence-corrected chi connectivity index (χ1v) is 11.5. The summed E-state index contributed by atoms with van der Waals surface area (Å²) in [5.41, 5.74) is 2.95. The molecule has 33 heavy (non-hydrogen) atoms. The Kier molecular flexibility index (Phi) is 9.24. The second kappa shape index (κ2) is 12.3. The molecule has 1 aromatic heterocycles. The quantitative estimate of drug-likeness (QED) is 0.294. The Balaban J connectivity index is 1.96. The molecule has 1 atom stereocenters. The number of rotatable bonds is 13. The van der Waals surface area contributed by atoms with Crippen molar-refractivity contribution < 1.29 is 14.6 Å². The van der Waals surface area contributed by atoms with E-state index in [9.17, 15) is 5.11 Å². The molecule has 2 aromatic carbocycles. The van der Waals surface area contributed by atoms with E-state index in [1.165, 1.54) is 0 Å². The molecule has 176 valence electrons. The first-order chi connectivity index (χ1) is 16.0. The third-order valence-electron chi connectivity index (χ3n) is 5.40. The largest absolute Gasteiger partial charge is 0.439 e. The third kappa shape index (κ3) is 6.78. The van der Waals surface area contributed by atoms with Gasteiger partial charge in [-0.1, -0.05) is 49.4 Å². The summed E-state index contributed by atoms with van der Waals surface area (Å²) in [5.74, 6) is 1.46. The van der Waals surface area contributed by atoms with Crippen LogP contribution in [0.15, 0.2) is 73.3 Å². The summed E-state index contributed by atoms with van der Waals surface area (Å²) in [5, 5.41) is 15.4. The van der Waals surface area contributed by atoms with Crippen molar-refractivity contribution in [2.24, 2.45) is 0 Å². The van der Waals surface area contributed by atoms with Crippen molar-refractivity contribution >= 4 is 0 Å². The fraction of sp³-hybridized carbons (Fsp3) is 0.370. The third-order valence-corrected chi connectivity index (χ3v) is 5.40. The number of aliphatic hydroxyl groups is 1. The van der Waals surface area contributed by atoms with Crippen LogP contribution in [0.4, 0.5) is 0 Å². The highest BCUT2D eigenvalue weighted by molar-refractivity contribution is 5.43. The number of aryl methyl sites for hydroxylation is 1. The van der Waals surface area contributed by atoms with Gasteiger partial charge < -0.3 is 14.6 Å². The normalized spacial score (nSPS) is 12.3. The van der Waals surface area contributed by atoms with Crippen LogP contribution >= 0.6 is 0 Å². The average molecular weight is 450 g/mol. The summed E-state index contributed by atoms with van der Waals surface area (Å²) >= 11 is 0. The van der Waals surface area contributed by atoms with Gasteiger partial charge in [0.05, 0.1) is 36.3 Å². The smallest absolute Gasteiger partial charge is 0.227 e. The maximum absolute atomic E-state index is 10.5. The van der Waals surface area contributed by atoms with Crippen LogP contribution < -0.4 is 4.74 Å². The molecule has 0 bridgehead atoms. The highest BCUT2D eigenvalue weighted by atomic mass is 16.5. The zero-order valence-electron chi connectivity index (χ0n) is 19.9. The molecule has 6 heteroatoms. The molecule has 0 aliphatic rings. The Morgan fingerprint density at radius 1 is 1.09 bits per heavy atom. The van der Waals surface area contributed by atoms with Gasteiger partial charge in [0.1, 0.15) is 5.75 Å². The van der Waals surface area contributed by atoms with Crippen LogP contribution in [0.5, 0.6) is 11.6 Å². The van der Waals surface area contributed by atoms with Gasteiger partial charge in [-0.15, -0.1) is 6.58 Å². The Bertz CT molecular complexity index is 987. The van der Waals surface area contributed by atoms with E-state index in [0.29, 0.717) is 25.6 Å². The number of para-hydroxylation sites is 2. The number of benzene rings is 2. The van der Waals surface area contributed by atoms with E-state index in [0.717, 1.165) is 29.1 Å². The summed E-state index contributed by atoms with van der Waals surface area (Å²) < 4.78 is 13.7. The van der Waals surface area contributed by atoms with Gasteiger partial charge in [0.2, 0.25) is 5.88 Å². The van der Waals surface area contributed by atoms with Gasteiger partial charge in [0.25, 0.3) is 0 Å². The van der Waals surface area contributed by atoms with E-state index in [1.807, 2.05) is 65.3 Å². The summed E-state index contributed by atoms with van der Waals surface area (Å²) in [6.45, 7) is 11.8. The van der Waals surface area contributed by atoms with E-state index in [2.05, 4.69) is 32.3 Å². The first kappa shape index (κ1) is 24.7. The number of aliphatic hydroxyl groups excluding tert-OH is 1. The summed E-state index contributed by atoms with van der Waals surface area (Å²) in [6.07, 6.45) is 1.86. The molecule has 0 saturated heterocycles. The molecule has 6 nitrogen and oxygen atoms in total. The standard InChI is InChI=1S/C27H35N3O3/c1-5-17-32-20-23(31)18-29(21(3)4)19-25-26(6-2)28-30(22-13-9-7-10-14-22)27(25)33-24-15-11-8-12-16-24/h5,7-16,21,23,31H,1,6,17-20H2,2-4H3/t23-/m0/s1. The minimum Gasteiger partial charge on any atom is -0.439 e. The number of nitrogens with zero attached hydrogens (tertiary/aromatic N) is 3. The van der Waals surface area contributed by atoms with Crippen molar-refractivity contribution in [2.75, 3.05) is 19.8 Å². The zero-order valence-corrected chi connectivity index (χ0v) is 19.9. The lowest BCUT2D eigenvalue weighted by atomic mass is 10.1. The predicted molar refractivity (Wildman–Crippen MR) is 132 cm³/mol. The number of hydrogen-bond acceptors (Lipinski definition) is 5. The van der Waals surface area contributed by atoms with Gasteiger partial charge in [-0.2, -0.15) is 5.10 Å². The van der Waals surface area contributed by atoms with Crippen molar-refractivity contribution in [3.63, 3.8) is 0 Å². The number of ether oxygens (including phenoxy) is 2. The Morgan fingerprint density at radius 3 is 2.36 bits per heavy atom. The monoisotopic (exact) mass is 449 g/mol. The van der Waals surface area contributed by atoms with Gasteiger partial charge in [-0.05, 0) is 44.5 Å². The molecule has 0 amide bonds. The van der Waals surface area contributed by atoms with Crippen LogP contribution in [0.25, 0.3) is 5.69 Å². The Labute approximate surface area is 197 Å². The van der Waals surface area contributed by atoms with Crippen LogP contribution in [-0.2, 0) is 17.7 Å². The van der Waals surface area contributed by atoms with E-state index >= 15 is 0 Å².